The van der Waals surface area contributed by atoms with E-state index in [1.54, 1.807) is 5.57 Å². The molecule has 0 aromatic carbocycles. The van der Waals surface area contributed by atoms with E-state index in [2.05, 4.69) is 32.2 Å². The smallest absolute Gasteiger partial charge is 0.00932 e. The molecule has 0 aromatic rings. The van der Waals surface area contributed by atoms with Crippen molar-refractivity contribution < 1.29 is 0 Å². The minimum absolute atomic E-state index is 0.573. The number of hydrogen-bond donors (Lipinski definition) is 1. The van der Waals surface area contributed by atoms with Gasteiger partial charge in [0.1, 0.15) is 0 Å². The lowest BCUT2D eigenvalue weighted by Gasteiger charge is -2.39. The molecule has 1 nitrogen and oxygen atoms in total. The maximum Gasteiger partial charge on any atom is 0.00932 e. The van der Waals surface area contributed by atoms with Gasteiger partial charge in [0.2, 0.25) is 0 Å². The highest BCUT2D eigenvalue weighted by atomic mass is 14.9. The van der Waals surface area contributed by atoms with Gasteiger partial charge < -0.3 is 5.32 Å². The summed E-state index contributed by atoms with van der Waals surface area (Å²) >= 11 is 0. The molecular weight excluding hydrogens is 218 g/mol. The molecule has 0 amide bonds. The second kappa shape index (κ2) is 6.23. The third-order valence-corrected chi connectivity index (χ3v) is 4.93. The van der Waals surface area contributed by atoms with Crippen LogP contribution in [-0.4, -0.2) is 12.6 Å². The second-order valence-corrected chi connectivity index (χ2v) is 7.30. The van der Waals surface area contributed by atoms with Crippen molar-refractivity contribution in [3.8, 4) is 0 Å². The number of rotatable bonds is 4. The molecule has 0 aliphatic heterocycles. The predicted molar refractivity (Wildman–Crippen MR) is 79.8 cm³/mol. The molecule has 1 fully saturated rings. The Morgan fingerprint density at radius 2 is 2.17 bits per heavy atom. The molecule has 0 saturated heterocycles. The summed E-state index contributed by atoms with van der Waals surface area (Å²) < 4.78 is 0. The standard InChI is InChI=1S/C17H31N/c1-14-13-17(2,3)11-9-16(14)18-12-10-15-7-5-4-6-8-15/h7,14,16,18H,4-6,8-13H2,1-3H3. The summed E-state index contributed by atoms with van der Waals surface area (Å²) in [5.74, 6) is 0.842. The molecule has 104 valence electrons. The zero-order valence-corrected chi connectivity index (χ0v) is 12.6. The molecule has 2 aliphatic carbocycles. The SMILES string of the molecule is CC1CC(C)(C)CCC1NCCC1=CCCCC1. The van der Waals surface area contributed by atoms with Crippen molar-refractivity contribution in [3.63, 3.8) is 0 Å². The van der Waals surface area contributed by atoms with Crippen molar-refractivity contribution >= 4 is 0 Å². The van der Waals surface area contributed by atoms with Gasteiger partial charge in [0.05, 0.1) is 0 Å². The summed E-state index contributed by atoms with van der Waals surface area (Å²) in [6.07, 6.45) is 13.4. The Hall–Kier alpha value is -0.300. The van der Waals surface area contributed by atoms with E-state index < -0.39 is 0 Å². The molecule has 2 atom stereocenters. The van der Waals surface area contributed by atoms with E-state index in [9.17, 15) is 0 Å². The highest BCUT2D eigenvalue weighted by Crippen LogP contribution is 2.38. The van der Waals surface area contributed by atoms with Crippen molar-refractivity contribution in [1.82, 2.24) is 5.32 Å². The summed E-state index contributed by atoms with van der Waals surface area (Å²) in [5.41, 5.74) is 2.28. The maximum absolute atomic E-state index is 3.82. The van der Waals surface area contributed by atoms with Gasteiger partial charge in [0.15, 0.2) is 0 Å². The fraction of sp³-hybridized carbons (Fsp3) is 0.882. The third-order valence-electron chi connectivity index (χ3n) is 4.93. The largest absolute Gasteiger partial charge is 0.313 e. The van der Waals surface area contributed by atoms with E-state index in [1.165, 1.54) is 57.9 Å². The Kier molecular flexibility index (Phi) is 4.89. The Morgan fingerprint density at radius 3 is 2.83 bits per heavy atom. The maximum atomic E-state index is 3.82. The average Bonchev–Trinajstić information content (AvgIpc) is 2.33. The van der Waals surface area contributed by atoms with E-state index in [1.807, 2.05) is 0 Å². The number of allylic oxidation sites excluding steroid dienone is 1. The van der Waals surface area contributed by atoms with E-state index in [0.717, 1.165) is 12.0 Å². The van der Waals surface area contributed by atoms with Gasteiger partial charge >= 0.3 is 0 Å². The van der Waals surface area contributed by atoms with Crippen LogP contribution in [0.3, 0.4) is 0 Å². The lowest BCUT2D eigenvalue weighted by molar-refractivity contribution is 0.149. The van der Waals surface area contributed by atoms with Crippen LogP contribution in [0.25, 0.3) is 0 Å². The highest BCUT2D eigenvalue weighted by molar-refractivity contribution is 5.05. The van der Waals surface area contributed by atoms with Crippen LogP contribution in [0.5, 0.6) is 0 Å². The van der Waals surface area contributed by atoms with Gasteiger partial charge in [-0.25, -0.2) is 0 Å². The molecule has 1 saturated carbocycles. The van der Waals surface area contributed by atoms with Gasteiger partial charge in [-0.15, -0.1) is 0 Å². The summed E-state index contributed by atoms with van der Waals surface area (Å²) in [4.78, 5) is 0. The number of hydrogen-bond acceptors (Lipinski definition) is 1. The molecule has 0 radical (unpaired) electrons. The first-order valence-electron chi connectivity index (χ1n) is 7.98. The van der Waals surface area contributed by atoms with E-state index in [4.69, 9.17) is 0 Å². The van der Waals surface area contributed by atoms with E-state index in [-0.39, 0.29) is 0 Å². The van der Waals surface area contributed by atoms with E-state index >= 15 is 0 Å². The Bertz CT molecular complexity index is 290. The van der Waals surface area contributed by atoms with Gasteiger partial charge in [0.25, 0.3) is 0 Å². The molecule has 1 N–H and O–H groups in total. The van der Waals surface area contributed by atoms with Crippen LogP contribution in [0.4, 0.5) is 0 Å². The van der Waals surface area contributed by atoms with Crippen LogP contribution >= 0.6 is 0 Å². The summed E-state index contributed by atoms with van der Waals surface area (Å²) in [7, 11) is 0. The summed E-state index contributed by atoms with van der Waals surface area (Å²) in [6.45, 7) is 8.47. The molecule has 2 aliphatic rings. The monoisotopic (exact) mass is 249 g/mol. The number of nitrogens with one attached hydrogen (secondary N) is 1. The minimum atomic E-state index is 0.573. The molecule has 0 bridgehead atoms. The van der Waals surface area contributed by atoms with Crippen molar-refractivity contribution in [3.05, 3.63) is 11.6 Å². The van der Waals surface area contributed by atoms with Crippen molar-refractivity contribution in [1.29, 1.82) is 0 Å². The summed E-state index contributed by atoms with van der Waals surface area (Å²) in [5, 5.41) is 3.82. The molecule has 0 heterocycles. The normalized spacial score (nSPS) is 32.1. The first kappa shape index (κ1) is 14.1. The van der Waals surface area contributed by atoms with Crippen LogP contribution in [0.1, 0.15) is 72.1 Å². The lowest BCUT2D eigenvalue weighted by Crippen LogP contribution is -2.42. The molecule has 0 aromatic heterocycles. The van der Waals surface area contributed by atoms with Crippen molar-refractivity contribution in [2.45, 2.75) is 78.2 Å². The Labute approximate surface area is 113 Å². The molecule has 2 unspecified atom stereocenters. The molecular formula is C17H31N. The molecule has 0 spiro atoms. The Morgan fingerprint density at radius 1 is 1.33 bits per heavy atom. The van der Waals surface area contributed by atoms with Crippen LogP contribution < -0.4 is 5.32 Å². The first-order valence-corrected chi connectivity index (χ1v) is 7.98. The molecule has 18 heavy (non-hydrogen) atoms. The Balaban J connectivity index is 1.69. The third kappa shape index (κ3) is 4.12. The fourth-order valence-corrected chi connectivity index (χ4v) is 3.80. The van der Waals surface area contributed by atoms with Crippen molar-refractivity contribution in [2.75, 3.05) is 6.54 Å². The summed E-state index contributed by atoms with van der Waals surface area (Å²) in [6, 6.07) is 0.766. The van der Waals surface area contributed by atoms with Crippen LogP contribution in [-0.2, 0) is 0 Å². The van der Waals surface area contributed by atoms with Gasteiger partial charge in [-0.3, -0.25) is 0 Å². The van der Waals surface area contributed by atoms with Gasteiger partial charge in [-0.2, -0.15) is 0 Å². The van der Waals surface area contributed by atoms with Gasteiger partial charge in [-0.1, -0.05) is 32.4 Å². The lowest BCUT2D eigenvalue weighted by atomic mass is 9.70. The van der Waals surface area contributed by atoms with E-state index in [0.29, 0.717) is 5.41 Å². The minimum Gasteiger partial charge on any atom is -0.313 e. The van der Waals surface area contributed by atoms with Crippen LogP contribution in [0.2, 0.25) is 0 Å². The average molecular weight is 249 g/mol. The highest BCUT2D eigenvalue weighted by Gasteiger charge is 2.31. The van der Waals surface area contributed by atoms with Gasteiger partial charge in [-0.05, 0) is 69.2 Å². The van der Waals surface area contributed by atoms with Crippen LogP contribution in [0.15, 0.2) is 11.6 Å². The second-order valence-electron chi connectivity index (χ2n) is 7.30. The quantitative estimate of drug-likeness (QED) is 0.713. The van der Waals surface area contributed by atoms with Gasteiger partial charge in [0, 0.05) is 6.04 Å². The zero-order valence-electron chi connectivity index (χ0n) is 12.6. The molecule has 2 rings (SSSR count). The first-order chi connectivity index (χ1) is 8.57. The topological polar surface area (TPSA) is 12.0 Å². The van der Waals surface area contributed by atoms with Crippen molar-refractivity contribution in [2.24, 2.45) is 11.3 Å². The van der Waals surface area contributed by atoms with Crippen LogP contribution in [0, 0.1) is 11.3 Å². The predicted octanol–water partition coefficient (Wildman–Crippen LogP) is 4.68. The fourth-order valence-electron chi connectivity index (χ4n) is 3.80. The zero-order chi connectivity index (χ0) is 13.0. The molecule has 1 heteroatoms.